The van der Waals surface area contributed by atoms with E-state index < -0.39 is 6.36 Å². The number of fused-ring (bicyclic) bond motifs is 1. The van der Waals surface area contributed by atoms with Crippen molar-refractivity contribution in [3.8, 4) is 5.75 Å². The van der Waals surface area contributed by atoms with Crippen LogP contribution in [0.2, 0.25) is 0 Å². The second kappa shape index (κ2) is 6.22. The van der Waals surface area contributed by atoms with Gasteiger partial charge in [0.05, 0.1) is 0 Å². The maximum absolute atomic E-state index is 12.1. The second-order valence-electron chi connectivity index (χ2n) is 5.64. The minimum atomic E-state index is -4.65. The van der Waals surface area contributed by atoms with E-state index in [2.05, 4.69) is 21.8 Å². The van der Waals surface area contributed by atoms with Gasteiger partial charge in [-0.25, -0.2) is 0 Å². The van der Waals surface area contributed by atoms with Crippen LogP contribution in [0.1, 0.15) is 22.3 Å². The summed E-state index contributed by atoms with van der Waals surface area (Å²) in [7, 11) is 0. The molecule has 0 radical (unpaired) electrons. The molecule has 122 valence electrons. The summed E-state index contributed by atoms with van der Waals surface area (Å²) in [6, 6.07) is 12.3. The highest BCUT2D eigenvalue weighted by Gasteiger charge is 2.31. The van der Waals surface area contributed by atoms with Crippen LogP contribution in [-0.4, -0.2) is 11.3 Å². The van der Waals surface area contributed by atoms with E-state index in [1.807, 2.05) is 6.07 Å². The van der Waals surface area contributed by atoms with Crippen LogP contribution in [0.5, 0.6) is 5.75 Å². The fraction of sp³-hybridized carbons (Fsp3) is 0.294. The first-order valence-electron chi connectivity index (χ1n) is 7.31. The van der Waals surface area contributed by atoms with Crippen LogP contribution >= 0.6 is 0 Å². The molecule has 1 aliphatic heterocycles. The van der Waals surface area contributed by atoms with E-state index in [0.717, 1.165) is 24.2 Å². The van der Waals surface area contributed by atoms with E-state index in [9.17, 15) is 13.2 Å². The summed E-state index contributed by atoms with van der Waals surface area (Å²) in [6.45, 7) is 2.86. The van der Waals surface area contributed by atoms with E-state index in [-0.39, 0.29) is 5.75 Å². The van der Waals surface area contributed by atoms with E-state index in [4.69, 9.17) is 5.73 Å². The molecule has 3 rings (SSSR count). The normalized spacial score (nSPS) is 14.8. The molecule has 0 saturated heterocycles. The summed E-state index contributed by atoms with van der Waals surface area (Å²) in [5, 5.41) is 0. The van der Waals surface area contributed by atoms with Crippen LogP contribution in [0.3, 0.4) is 0 Å². The highest BCUT2D eigenvalue weighted by Crippen LogP contribution is 2.27. The molecule has 0 bridgehead atoms. The molecule has 2 aromatic rings. The molecular formula is C17H17F3N2O. The largest absolute Gasteiger partial charge is 0.573 e. The molecule has 0 aromatic heterocycles. The summed E-state index contributed by atoms with van der Waals surface area (Å²) in [5.41, 5.74) is 10.3. The van der Waals surface area contributed by atoms with Gasteiger partial charge in [-0.1, -0.05) is 30.3 Å². The quantitative estimate of drug-likeness (QED) is 0.935. The smallest absolute Gasteiger partial charge is 0.406 e. The zero-order chi connectivity index (χ0) is 16.4. The van der Waals surface area contributed by atoms with Gasteiger partial charge in [0.15, 0.2) is 0 Å². The first-order valence-corrected chi connectivity index (χ1v) is 7.31. The monoisotopic (exact) mass is 322 g/mol. The Balaban J connectivity index is 1.63. The van der Waals surface area contributed by atoms with Crippen LogP contribution in [0.25, 0.3) is 0 Å². The van der Waals surface area contributed by atoms with Crippen molar-refractivity contribution in [3.05, 3.63) is 64.7 Å². The van der Waals surface area contributed by atoms with Gasteiger partial charge in [-0.05, 0) is 34.4 Å². The summed E-state index contributed by atoms with van der Waals surface area (Å²) in [4.78, 5) is 2.24. The van der Waals surface area contributed by atoms with Gasteiger partial charge in [-0.2, -0.15) is 0 Å². The number of nitrogens with zero attached hydrogens (tertiary/aromatic N) is 1. The van der Waals surface area contributed by atoms with Crippen molar-refractivity contribution in [2.45, 2.75) is 32.5 Å². The van der Waals surface area contributed by atoms with Crippen molar-refractivity contribution in [1.29, 1.82) is 0 Å². The minimum Gasteiger partial charge on any atom is -0.406 e. The zero-order valence-corrected chi connectivity index (χ0v) is 12.4. The Kier molecular flexibility index (Phi) is 4.28. The molecule has 0 fully saturated rings. The van der Waals surface area contributed by atoms with Crippen molar-refractivity contribution >= 4 is 0 Å². The van der Waals surface area contributed by atoms with E-state index >= 15 is 0 Å². The number of hydrogen-bond acceptors (Lipinski definition) is 3. The Hall–Kier alpha value is -2.05. The van der Waals surface area contributed by atoms with Gasteiger partial charge >= 0.3 is 6.36 Å². The van der Waals surface area contributed by atoms with Gasteiger partial charge in [0.25, 0.3) is 0 Å². The average molecular weight is 322 g/mol. The third kappa shape index (κ3) is 4.03. The van der Waals surface area contributed by atoms with Gasteiger partial charge in [0, 0.05) is 26.2 Å². The highest BCUT2D eigenvalue weighted by atomic mass is 19.4. The lowest BCUT2D eigenvalue weighted by atomic mass is 10.1. The maximum atomic E-state index is 12.1. The number of alkyl halides is 3. The molecule has 0 amide bonds. The summed E-state index contributed by atoms with van der Waals surface area (Å²) < 4.78 is 40.3. The van der Waals surface area contributed by atoms with Gasteiger partial charge in [0.1, 0.15) is 5.75 Å². The molecule has 0 unspecified atom stereocenters. The molecule has 0 spiro atoms. The van der Waals surface area contributed by atoms with Crippen molar-refractivity contribution < 1.29 is 17.9 Å². The Bertz CT molecular complexity index is 683. The molecular weight excluding hydrogens is 305 g/mol. The molecule has 2 aromatic carbocycles. The molecule has 23 heavy (non-hydrogen) atoms. The third-order valence-electron chi connectivity index (χ3n) is 3.86. The van der Waals surface area contributed by atoms with E-state index in [0.29, 0.717) is 13.1 Å². The predicted octanol–water partition coefficient (Wildman–Crippen LogP) is 3.56. The number of hydrogen-bond donors (Lipinski definition) is 1. The first-order chi connectivity index (χ1) is 10.9. The topological polar surface area (TPSA) is 38.5 Å². The van der Waals surface area contributed by atoms with Gasteiger partial charge in [-0.15, -0.1) is 13.2 Å². The standard InChI is InChI=1S/C17H17F3N2O/c18-17(19,20)23-16-5-2-12(3-6-16)9-22-10-14-4-1-13(8-21)7-15(14)11-22/h1-7H,8-11,21H2. The fourth-order valence-electron chi connectivity index (χ4n) is 2.81. The fourth-order valence-corrected chi connectivity index (χ4v) is 2.81. The van der Waals surface area contributed by atoms with Crippen LogP contribution < -0.4 is 10.5 Å². The van der Waals surface area contributed by atoms with Crippen molar-refractivity contribution in [3.63, 3.8) is 0 Å². The van der Waals surface area contributed by atoms with Gasteiger partial charge < -0.3 is 10.5 Å². The van der Waals surface area contributed by atoms with Crippen molar-refractivity contribution in [2.24, 2.45) is 5.73 Å². The maximum Gasteiger partial charge on any atom is 0.573 e. The number of ether oxygens (including phenoxy) is 1. The molecule has 6 heteroatoms. The Morgan fingerprint density at radius 1 is 0.957 bits per heavy atom. The number of halogens is 3. The number of benzene rings is 2. The molecule has 0 aliphatic carbocycles. The van der Waals surface area contributed by atoms with Crippen LogP contribution in [0.4, 0.5) is 13.2 Å². The molecule has 1 heterocycles. The molecule has 0 saturated carbocycles. The van der Waals surface area contributed by atoms with Crippen LogP contribution in [0, 0.1) is 0 Å². The summed E-state index contributed by atoms with van der Waals surface area (Å²) in [6.07, 6.45) is -4.65. The zero-order valence-electron chi connectivity index (χ0n) is 12.4. The molecule has 1 aliphatic rings. The number of rotatable bonds is 4. The molecule has 2 N–H and O–H groups in total. The first kappa shape index (κ1) is 15.8. The Labute approximate surface area is 132 Å². The summed E-state index contributed by atoms with van der Waals surface area (Å²) >= 11 is 0. The van der Waals surface area contributed by atoms with E-state index in [1.165, 1.54) is 23.3 Å². The lowest BCUT2D eigenvalue weighted by Gasteiger charge is -2.15. The Morgan fingerprint density at radius 3 is 2.26 bits per heavy atom. The van der Waals surface area contributed by atoms with Crippen LogP contribution in [-0.2, 0) is 26.2 Å². The Morgan fingerprint density at radius 2 is 1.61 bits per heavy atom. The highest BCUT2D eigenvalue weighted by molar-refractivity contribution is 5.35. The average Bonchev–Trinajstić information content (AvgIpc) is 2.89. The molecule has 3 nitrogen and oxygen atoms in total. The van der Waals surface area contributed by atoms with Gasteiger partial charge in [-0.3, -0.25) is 4.90 Å². The van der Waals surface area contributed by atoms with E-state index in [1.54, 1.807) is 12.1 Å². The second-order valence-corrected chi connectivity index (χ2v) is 5.64. The lowest BCUT2D eigenvalue weighted by molar-refractivity contribution is -0.274. The van der Waals surface area contributed by atoms with Crippen molar-refractivity contribution in [2.75, 3.05) is 0 Å². The third-order valence-corrected chi connectivity index (χ3v) is 3.86. The molecule has 0 atom stereocenters. The number of nitrogens with two attached hydrogens (primary N) is 1. The van der Waals surface area contributed by atoms with Gasteiger partial charge in [0.2, 0.25) is 0 Å². The summed E-state index contributed by atoms with van der Waals surface area (Å²) in [5.74, 6) is -0.196. The SMILES string of the molecule is NCc1ccc2c(c1)CN(Cc1ccc(OC(F)(F)F)cc1)C2. The lowest BCUT2D eigenvalue weighted by Crippen LogP contribution is -2.17. The van der Waals surface area contributed by atoms with Crippen LogP contribution in [0.15, 0.2) is 42.5 Å². The predicted molar refractivity (Wildman–Crippen MR) is 80.4 cm³/mol. The van der Waals surface area contributed by atoms with Crippen molar-refractivity contribution in [1.82, 2.24) is 4.90 Å². The minimum absolute atomic E-state index is 0.196.